The van der Waals surface area contributed by atoms with E-state index in [1.54, 1.807) is 0 Å². The predicted octanol–water partition coefficient (Wildman–Crippen LogP) is 3.27. The lowest BCUT2D eigenvalue weighted by Crippen LogP contribution is -2.41. The van der Waals surface area contributed by atoms with Crippen LogP contribution >= 0.6 is 15.9 Å². The molecule has 0 aromatic heterocycles. The fourth-order valence-corrected chi connectivity index (χ4v) is 3.45. The standard InChI is InChI=1S/C17H23BBrNO3/c1-16(2)17(3,4)23-18(22-16)12-9-13(19)11-14(10-12)20-8-6-5-7-15(20)21/h9-11H,5-8H2,1-4H3. The molecular formula is C17H23BBrNO3. The van der Waals surface area contributed by atoms with Crippen molar-refractivity contribution in [3.05, 3.63) is 22.7 Å². The summed E-state index contributed by atoms with van der Waals surface area (Å²) in [6, 6.07) is 5.99. The summed E-state index contributed by atoms with van der Waals surface area (Å²) < 4.78 is 13.2. The number of carbonyl (C=O) groups is 1. The molecule has 0 saturated carbocycles. The second-order valence-corrected chi connectivity index (χ2v) is 8.25. The molecule has 2 saturated heterocycles. The van der Waals surface area contributed by atoms with Gasteiger partial charge in [-0.15, -0.1) is 0 Å². The molecule has 1 amide bonds. The highest BCUT2D eigenvalue weighted by atomic mass is 79.9. The number of piperidine rings is 1. The Morgan fingerprint density at radius 3 is 2.35 bits per heavy atom. The molecule has 124 valence electrons. The first-order valence-electron chi connectivity index (χ1n) is 8.16. The molecule has 1 aromatic carbocycles. The molecule has 4 nitrogen and oxygen atoms in total. The fraction of sp³-hybridized carbons (Fsp3) is 0.588. The van der Waals surface area contributed by atoms with Gasteiger partial charge in [0.05, 0.1) is 11.2 Å². The molecule has 3 rings (SSSR count). The monoisotopic (exact) mass is 379 g/mol. The summed E-state index contributed by atoms with van der Waals surface area (Å²) in [5.41, 5.74) is 1.10. The highest BCUT2D eigenvalue weighted by Crippen LogP contribution is 2.37. The number of halogens is 1. The maximum Gasteiger partial charge on any atom is 0.494 e. The van der Waals surface area contributed by atoms with Crippen molar-refractivity contribution in [2.24, 2.45) is 0 Å². The highest BCUT2D eigenvalue weighted by molar-refractivity contribution is 9.10. The molecule has 6 heteroatoms. The van der Waals surface area contributed by atoms with Crippen LogP contribution in [0.25, 0.3) is 0 Å². The average Bonchev–Trinajstić information content (AvgIpc) is 2.67. The van der Waals surface area contributed by atoms with Crippen LogP contribution in [0.1, 0.15) is 47.0 Å². The molecule has 23 heavy (non-hydrogen) atoms. The predicted molar refractivity (Wildman–Crippen MR) is 96.1 cm³/mol. The summed E-state index contributed by atoms with van der Waals surface area (Å²) in [6.45, 7) is 8.94. The van der Waals surface area contributed by atoms with Crippen LogP contribution in [0, 0.1) is 0 Å². The second-order valence-electron chi connectivity index (χ2n) is 7.33. The first-order chi connectivity index (χ1) is 10.7. The van der Waals surface area contributed by atoms with Gasteiger partial charge in [-0.1, -0.05) is 15.9 Å². The van der Waals surface area contributed by atoms with Gasteiger partial charge in [-0.2, -0.15) is 0 Å². The molecule has 2 heterocycles. The van der Waals surface area contributed by atoms with E-state index in [0.29, 0.717) is 6.42 Å². The summed E-state index contributed by atoms with van der Waals surface area (Å²) in [5, 5.41) is 0. The molecule has 2 fully saturated rings. The average molecular weight is 380 g/mol. The number of hydrogen-bond acceptors (Lipinski definition) is 3. The van der Waals surface area contributed by atoms with Gasteiger partial charge in [-0.25, -0.2) is 0 Å². The Balaban J connectivity index is 1.91. The number of carbonyl (C=O) groups excluding carboxylic acids is 1. The van der Waals surface area contributed by atoms with Crippen molar-refractivity contribution >= 4 is 40.1 Å². The molecule has 2 aliphatic rings. The Hall–Kier alpha value is -0.845. The van der Waals surface area contributed by atoms with E-state index in [1.807, 2.05) is 50.8 Å². The maximum atomic E-state index is 12.2. The van der Waals surface area contributed by atoms with E-state index in [1.165, 1.54) is 0 Å². The topological polar surface area (TPSA) is 38.8 Å². The molecule has 0 aliphatic carbocycles. The molecule has 0 atom stereocenters. The van der Waals surface area contributed by atoms with Crippen molar-refractivity contribution < 1.29 is 14.1 Å². The van der Waals surface area contributed by atoms with Crippen molar-refractivity contribution in [1.82, 2.24) is 0 Å². The van der Waals surface area contributed by atoms with Gasteiger partial charge in [0.15, 0.2) is 0 Å². The second kappa shape index (κ2) is 5.90. The van der Waals surface area contributed by atoms with Crippen molar-refractivity contribution in [2.45, 2.75) is 58.2 Å². The third-order valence-electron chi connectivity index (χ3n) is 5.07. The van der Waals surface area contributed by atoms with Gasteiger partial charge in [-0.3, -0.25) is 4.79 Å². The van der Waals surface area contributed by atoms with Crippen LogP contribution in [-0.4, -0.2) is 30.8 Å². The van der Waals surface area contributed by atoms with Crippen LogP contribution in [0.5, 0.6) is 0 Å². The van der Waals surface area contributed by atoms with Crippen LogP contribution in [0.2, 0.25) is 0 Å². The van der Waals surface area contributed by atoms with Gasteiger partial charge in [0.25, 0.3) is 0 Å². The lowest BCUT2D eigenvalue weighted by atomic mass is 9.79. The Labute approximate surface area is 146 Å². The van der Waals surface area contributed by atoms with E-state index >= 15 is 0 Å². The minimum atomic E-state index is -0.420. The lowest BCUT2D eigenvalue weighted by Gasteiger charge is -2.32. The highest BCUT2D eigenvalue weighted by Gasteiger charge is 2.51. The lowest BCUT2D eigenvalue weighted by molar-refractivity contribution is -0.119. The maximum absolute atomic E-state index is 12.2. The fourth-order valence-electron chi connectivity index (χ4n) is 2.95. The van der Waals surface area contributed by atoms with Gasteiger partial charge in [0.2, 0.25) is 5.91 Å². The number of hydrogen-bond donors (Lipinski definition) is 0. The first-order valence-corrected chi connectivity index (χ1v) is 8.95. The third-order valence-corrected chi connectivity index (χ3v) is 5.52. The molecule has 0 radical (unpaired) electrons. The molecule has 0 bridgehead atoms. The number of benzene rings is 1. The van der Waals surface area contributed by atoms with E-state index < -0.39 is 7.12 Å². The van der Waals surface area contributed by atoms with Crippen molar-refractivity contribution in [3.8, 4) is 0 Å². The molecule has 0 spiro atoms. The number of rotatable bonds is 2. The zero-order chi connectivity index (χ0) is 16.8. The van der Waals surface area contributed by atoms with Crippen molar-refractivity contribution in [3.63, 3.8) is 0 Å². The molecule has 2 aliphatic heterocycles. The minimum absolute atomic E-state index is 0.189. The van der Waals surface area contributed by atoms with Gasteiger partial charge in [0, 0.05) is 23.1 Å². The SMILES string of the molecule is CC1(C)OB(c2cc(Br)cc(N3CCCCC3=O)c2)OC1(C)C. The Morgan fingerprint density at radius 1 is 1.09 bits per heavy atom. The number of nitrogens with zero attached hydrogens (tertiary/aromatic N) is 1. The van der Waals surface area contributed by atoms with Crippen molar-refractivity contribution in [1.29, 1.82) is 0 Å². The first kappa shape index (κ1) is 17.0. The quantitative estimate of drug-likeness (QED) is 0.740. The van der Waals surface area contributed by atoms with Gasteiger partial charge < -0.3 is 14.2 Å². The van der Waals surface area contributed by atoms with Crippen LogP contribution in [0.3, 0.4) is 0 Å². The van der Waals surface area contributed by atoms with Crippen LogP contribution < -0.4 is 10.4 Å². The summed E-state index contributed by atoms with van der Waals surface area (Å²) in [5.74, 6) is 0.189. The molecule has 1 aromatic rings. The summed E-state index contributed by atoms with van der Waals surface area (Å²) in [7, 11) is -0.420. The Kier molecular flexibility index (Phi) is 4.36. The van der Waals surface area contributed by atoms with Gasteiger partial charge in [0.1, 0.15) is 0 Å². The smallest absolute Gasteiger partial charge is 0.399 e. The van der Waals surface area contributed by atoms with E-state index in [2.05, 4.69) is 15.9 Å². The van der Waals surface area contributed by atoms with Crippen molar-refractivity contribution in [2.75, 3.05) is 11.4 Å². The third kappa shape index (κ3) is 3.21. The Morgan fingerprint density at radius 2 is 1.74 bits per heavy atom. The summed E-state index contributed by atoms with van der Waals surface area (Å²) in [4.78, 5) is 14.1. The van der Waals surface area contributed by atoms with E-state index in [-0.39, 0.29) is 17.1 Å². The van der Waals surface area contributed by atoms with E-state index in [9.17, 15) is 4.79 Å². The largest absolute Gasteiger partial charge is 0.494 e. The van der Waals surface area contributed by atoms with Crippen LogP contribution in [-0.2, 0) is 14.1 Å². The Bertz CT molecular complexity index is 616. The summed E-state index contributed by atoms with van der Waals surface area (Å²) >= 11 is 3.55. The number of anilines is 1. The molecule has 0 N–H and O–H groups in total. The van der Waals surface area contributed by atoms with Gasteiger partial charge >= 0.3 is 7.12 Å². The van der Waals surface area contributed by atoms with Crippen LogP contribution in [0.4, 0.5) is 5.69 Å². The zero-order valence-electron chi connectivity index (χ0n) is 14.2. The normalized spacial score (nSPS) is 23.4. The van der Waals surface area contributed by atoms with E-state index in [0.717, 1.165) is 35.0 Å². The minimum Gasteiger partial charge on any atom is -0.399 e. The van der Waals surface area contributed by atoms with Gasteiger partial charge in [-0.05, 0) is 64.2 Å². The summed E-state index contributed by atoms with van der Waals surface area (Å²) in [6.07, 6.45) is 2.65. The molecular weight excluding hydrogens is 357 g/mol. The molecule has 0 unspecified atom stereocenters. The number of amides is 1. The zero-order valence-corrected chi connectivity index (χ0v) is 15.8. The van der Waals surface area contributed by atoms with Crippen LogP contribution in [0.15, 0.2) is 22.7 Å². The van der Waals surface area contributed by atoms with E-state index in [4.69, 9.17) is 9.31 Å².